The van der Waals surface area contributed by atoms with E-state index in [9.17, 15) is 9.59 Å². The van der Waals surface area contributed by atoms with Crippen molar-refractivity contribution in [2.75, 3.05) is 17.7 Å². The lowest BCUT2D eigenvalue weighted by Gasteiger charge is -2.11. The van der Waals surface area contributed by atoms with E-state index in [4.69, 9.17) is 4.74 Å². The van der Waals surface area contributed by atoms with Crippen LogP contribution >= 0.6 is 11.3 Å². The predicted molar refractivity (Wildman–Crippen MR) is 96.2 cm³/mol. The van der Waals surface area contributed by atoms with Crippen molar-refractivity contribution in [3.05, 3.63) is 39.6 Å². The van der Waals surface area contributed by atoms with Crippen molar-refractivity contribution in [1.82, 2.24) is 0 Å². The maximum Gasteiger partial charge on any atom is 0.265 e. The Morgan fingerprint density at radius 1 is 1.12 bits per heavy atom. The third-order valence-corrected chi connectivity index (χ3v) is 5.22. The van der Waals surface area contributed by atoms with Crippen molar-refractivity contribution in [3.8, 4) is 5.75 Å². The molecule has 6 heteroatoms. The summed E-state index contributed by atoms with van der Waals surface area (Å²) in [5, 5.41) is 5.60. The number of benzene rings is 1. The minimum Gasteiger partial charge on any atom is -0.495 e. The maximum absolute atomic E-state index is 12.5. The number of ether oxygens (including phenoxy) is 1. The highest BCUT2D eigenvalue weighted by Crippen LogP contribution is 2.31. The zero-order valence-electron chi connectivity index (χ0n) is 13.8. The van der Waals surface area contributed by atoms with E-state index in [1.807, 2.05) is 6.07 Å². The molecule has 3 rings (SSSR count). The number of carbonyl (C=O) groups excluding carboxylic acids is 2. The second kappa shape index (κ2) is 7.05. The molecule has 126 valence electrons. The summed E-state index contributed by atoms with van der Waals surface area (Å²) >= 11 is 1.58. The summed E-state index contributed by atoms with van der Waals surface area (Å²) in [7, 11) is 1.54. The van der Waals surface area contributed by atoms with Crippen LogP contribution in [-0.4, -0.2) is 18.9 Å². The number of hydrogen-bond acceptors (Lipinski definition) is 4. The number of hydrogen-bond donors (Lipinski definition) is 2. The van der Waals surface area contributed by atoms with Crippen molar-refractivity contribution >= 4 is 34.5 Å². The van der Waals surface area contributed by atoms with Gasteiger partial charge >= 0.3 is 0 Å². The molecule has 2 amide bonds. The zero-order valence-corrected chi connectivity index (χ0v) is 14.6. The number of fused-ring (bicyclic) bond motifs is 1. The van der Waals surface area contributed by atoms with Crippen LogP contribution < -0.4 is 15.4 Å². The van der Waals surface area contributed by atoms with Crippen molar-refractivity contribution < 1.29 is 14.3 Å². The van der Waals surface area contributed by atoms with Gasteiger partial charge < -0.3 is 15.4 Å². The highest BCUT2D eigenvalue weighted by molar-refractivity contribution is 7.14. The predicted octanol–water partition coefficient (Wildman–Crippen LogP) is 3.85. The summed E-state index contributed by atoms with van der Waals surface area (Å²) in [5.74, 6) is 0.242. The second-order valence-corrected chi connectivity index (χ2v) is 6.95. The minimum absolute atomic E-state index is 0.117. The van der Waals surface area contributed by atoms with E-state index in [-0.39, 0.29) is 11.8 Å². The first kappa shape index (κ1) is 16.5. The average molecular weight is 344 g/mol. The lowest BCUT2D eigenvalue weighted by molar-refractivity contribution is -0.114. The Hall–Kier alpha value is -2.34. The van der Waals surface area contributed by atoms with Crippen molar-refractivity contribution in [2.45, 2.75) is 32.6 Å². The molecule has 1 aromatic carbocycles. The summed E-state index contributed by atoms with van der Waals surface area (Å²) in [6.07, 6.45) is 4.54. The second-order valence-electron chi connectivity index (χ2n) is 5.82. The van der Waals surface area contributed by atoms with E-state index in [1.54, 1.807) is 29.5 Å². The van der Waals surface area contributed by atoms with E-state index < -0.39 is 0 Å². The standard InChI is InChI=1S/C18H20N2O3S/c1-11(21)19-14-10-13(7-8-15(14)23-2)20-18(22)17-9-12-5-3-4-6-16(12)24-17/h7-10H,3-6H2,1-2H3,(H,19,21)(H,20,22). The lowest BCUT2D eigenvalue weighted by Crippen LogP contribution is -2.12. The highest BCUT2D eigenvalue weighted by atomic mass is 32.1. The number of aryl methyl sites for hydroxylation is 2. The quantitative estimate of drug-likeness (QED) is 0.885. The van der Waals surface area contributed by atoms with Crippen LogP contribution in [0.1, 0.15) is 39.9 Å². The molecule has 0 saturated heterocycles. The van der Waals surface area contributed by atoms with Crippen LogP contribution in [0.5, 0.6) is 5.75 Å². The molecule has 2 aromatic rings. The fraction of sp³-hybridized carbons (Fsp3) is 0.333. The van der Waals surface area contributed by atoms with E-state index >= 15 is 0 Å². The molecule has 0 bridgehead atoms. The summed E-state index contributed by atoms with van der Waals surface area (Å²) in [6, 6.07) is 7.19. The van der Waals surface area contributed by atoms with Crippen LogP contribution in [0, 0.1) is 0 Å². The van der Waals surface area contributed by atoms with Gasteiger partial charge in [-0.2, -0.15) is 0 Å². The molecule has 0 fully saturated rings. The smallest absolute Gasteiger partial charge is 0.265 e. The van der Waals surface area contributed by atoms with Gasteiger partial charge in [0.15, 0.2) is 0 Å². The molecule has 2 N–H and O–H groups in total. The van der Waals surface area contributed by atoms with Crippen LogP contribution in [0.4, 0.5) is 11.4 Å². The van der Waals surface area contributed by atoms with E-state index in [0.717, 1.165) is 17.7 Å². The molecular weight excluding hydrogens is 324 g/mol. The van der Waals surface area contributed by atoms with Crippen LogP contribution in [0.3, 0.4) is 0 Å². The molecule has 0 unspecified atom stereocenters. The Kier molecular flexibility index (Phi) is 4.85. The summed E-state index contributed by atoms with van der Waals surface area (Å²) in [6.45, 7) is 1.43. The summed E-state index contributed by atoms with van der Waals surface area (Å²) in [4.78, 5) is 25.9. The molecular formula is C18H20N2O3S. The van der Waals surface area contributed by atoms with Crippen LogP contribution in [0.25, 0.3) is 0 Å². The molecule has 1 aliphatic rings. The van der Waals surface area contributed by atoms with Gasteiger partial charge in [0.2, 0.25) is 5.91 Å². The Morgan fingerprint density at radius 2 is 1.92 bits per heavy atom. The Morgan fingerprint density at radius 3 is 2.62 bits per heavy atom. The largest absolute Gasteiger partial charge is 0.495 e. The van der Waals surface area contributed by atoms with E-state index in [0.29, 0.717) is 17.1 Å². The van der Waals surface area contributed by atoms with Gasteiger partial charge in [0.05, 0.1) is 17.7 Å². The number of amides is 2. The normalized spacial score (nSPS) is 13.1. The van der Waals surface area contributed by atoms with Gasteiger partial charge in [0.1, 0.15) is 5.75 Å². The SMILES string of the molecule is COc1ccc(NC(=O)c2cc3c(s2)CCCC3)cc1NC(C)=O. The molecule has 1 heterocycles. The van der Waals surface area contributed by atoms with E-state index in [2.05, 4.69) is 10.6 Å². The van der Waals surface area contributed by atoms with Crippen molar-refractivity contribution in [3.63, 3.8) is 0 Å². The molecule has 1 aliphatic carbocycles. The number of methoxy groups -OCH3 is 1. The Labute approximate surface area is 145 Å². The van der Waals surface area contributed by atoms with Gasteiger partial charge in [-0.25, -0.2) is 0 Å². The fourth-order valence-corrected chi connectivity index (χ4v) is 4.02. The molecule has 0 saturated carbocycles. The van der Waals surface area contributed by atoms with Crippen LogP contribution in [-0.2, 0) is 17.6 Å². The molecule has 5 nitrogen and oxygen atoms in total. The number of thiophene rings is 1. The van der Waals surface area contributed by atoms with Gasteiger partial charge in [-0.05, 0) is 55.5 Å². The molecule has 24 heavy (non-hydrogen) atoms. The number of rotatable bonds is 4. The maximum atomic E-state index is 12.5. The van der Waals surface area contributed by atoms with E-state index in [1.165, 1.54) is 37.3 Å². The van der Waals surface area contributed by atoms with Crippen LogP contribution in [0.2, 0.25) is 0 Å². The van der Waals surface area contributed by atoms with Gasteiger partial charge in [0.25, 0.3) is 5.91 Å². The monoisotopic (exact) mass is 344 g/mol. The third-order valence-electron chi connectivity index (χ3n) is 3.99. The minimum atomic E-state index is -0.192. The topological polar surface area (TPSA) is 67.4 Å². The molecule has 0 spiro atoms. The van der Waals surface area contributed by atoms with Gasteiger partial charge in [0, 0.05) is 17.5 Å². The van der Waals surface area contributed by atoms with Crippen molar-refractivity contribution in [2.24, 2.45) is 0 Å². The molecule has 1 aromatic heterocycles. The van der Waals surface area contributed by atoms with Crippen LogP contribution in [0.15, 0.2) is 24.3 Å². The first-order chi connectivity index (χ1) is 11.6. The van der Waals surface area contributed by atoms with Gasteiger partial charge in [-0.15, -0.1) is 11.3 Å². The number of carbonyl (C=O) groups is 2. The highest BCUT2D eigenvalue weighted by Gasteiger charge is 2.17. The Balaban J connectivity index is 1.78. The Bertz CT molecular complexity index is 759. The fourth-order valence-electron chi connectivity index (χ4n) is 2.87. The van der Waals surface area contributed by atoms with Gasteiger partial charge in [-0.1, -0.05) is 0 Å². The molecule has 0 radical (unpaired) electrons. The average Bonchev–Trinajstić information content (AvgIpc) is 2.99. The zero-order chi connectivity index (χ0) is 17.1. The third kappa shape index (κ3) is 3.59. The molecule has 0 atom stereocenters. The number of anilines is 2. The number of nitrogens with one attached hydrogen (secondary N) is 2. The molecule has 0 aliphatic heterocycles. The first-order valence-electron chi connectivity index (χ1n) is 7.95. The van der Waals surface area contributed by atoms with Crippen molar-refractivity contribution in [1.29, 1.82) is 0 Å². The lowest BCUT2D eigenvalue weighted by atomic mass is 9.99. The first-order valence-corrected chi connectivity index (χ1v) is 8.77. The summed E-state index contributed by atoms with van der Waals surface area (Å²) < 4.78 is 5.22. The van der Waals surface area contributed by atoms with Gasteiger partial charge in [-0.3, -0.25) is 9.59 Å². The summed E-state index contributed by atoms with van der Waals surface area (Å²) in [5.41, 5.74) is 2.47.